The minimum atomic E-state index is 0.227. The van der Waals surface area contributed by atoms with Crippen LogP contribution in [-0.2, 0) is 14.2 Å². The van der Waals surface area contributed by atoms with E-state index in [0.717, 1.165) is 51.2 Å². The molecule has 5 heteroatoms. The van der Waals surface area contributed by atoms with Crippen molar-refractivity contribution < 1.29 is 14.2 Å². The molecule has 0 N–H and O–H groups in total. The van der Waals surface area contributed by atoms with Crippen molar-refractivity contribution in [3.63, 3.8) is 0 Å². The van der Waals surface area contributed by atoms with Gasteiger partial charge in [0.2, 0.25) is 0 Å². The van der Waals surface area contributed by atoms with Crippen molar-refractivity contribution >= 4 is 65.3 Å². The third kappa shape index (κ3) is 6.65. The average molecular weight is 751 g/mol. The number of halogens is 1. The van der Waals surface area contributed by atoms with Crippen LogP contribution in [0.5, 0.6) is 0 Å². The molecule has 0 aliphatic carbocycles. The zero-order valence-electron chi connectivity index (χ0n) is 27.0. The van der Waals surface area contributed by atoms with Gasteiger partial charge in [0.1, 0.15) is 45.5 Å². The van der Waals surface area contributed by atoms with Crippen LogP contribution in [0.2, 0.25) is 0 Å². The maximum absolute atomic E-state index is 4.97. The van der Waals surface area contributed by atoms with E-state index in [0.29, 0.717) is 0 Å². The van der Waals surface area contributed by atoms with E-state index in [1.165, 1.54) is 0 Å². The molecule has 7 rings (SSSR count). The standard InChI is InChI=1S/C44H37N3.BrH.Cu/c1-46(37-24-10-4-11-25-37,38-26-12-5-13-27-38)43-34-20-18-32-41(43)45(36-22-8-3-9-23-36)42-33-19-21-35-44(42)47(2,39-28-14-6-15-29-39)40-30-16-7-17-31-40;;/h3-35H,1-2H2;1H;/q;;+1/p-1. The van der Waals surface area contributed by atoms with Crippen LogP contribution in [0.3, 0.4) is 0 Å². The summed E-state index contributed by atoms with van der Waals surface area (Å²) in [6.45, 7) is 0. The summed E-state index contributed by atoms with van der Waals surface area (Å²) in [7, 11) is 9.94. The Balaban J connectivity index is 0.00000205. The fourth-order valence-corrected chi connectivity index (χ4v) is 6.52. The Hall–Kier alpha value is -4.74. The first-order valence-corrected chi connectivity index (χ1v) is 18.3. The van der Waals surface area contributed by atoms with Gasteiger partial charge in [0.25, 0.3) is 0 Å². The van der Waals surface area contributed by atoms with Gasteiger partial charge < -0.3 is 8.97 Å². The normalized spacial score (nSPS) is 11.3. The molecule has 0 heterocycles. The number of benzene rings is 7. The molecule has 0 spiro atoms. The first-order chi connectivity index (χ1) is 24.1. The summed E-state index contributed by atoms with van der Waals surface area (Å²) in [5, 5.41) is 0. The average Bonchev–Trinajstić information content (AvgIpc) is 3.20. The molecule has 0 aliphatic heterocycles. The molecule has 0 aliphatic rings. The molecule has 0 amide bonds. The molecule has 0 atom stereocenters. The predicted octanol–water partition coefficient (Wildman–Crippen LogP) is 13.5. The van der Waals surface area contributed by atoms with Gasteiger partial charge in [-0.3, -0.25) is 4.90 Å². The van der Waals surface area contributed by atoms with Gasteiger partial charge in [0.05, 0.1) is 0 Å². The molecule has 7 aromatic rings. The topological polar surface area (TPSA) is 3.24 Å². The monoisotopic (exact) mass is 749 g/mol. The van der Waals surface area contributed by atoms with Gasteiger partial charge in [0, 0.05) is 5.69 Å². The first-order valence-electron chi connectivity index (χ1n) is 16.0. The van der Waals surface area contributed by atoms with E-state index >= 15 is 0 Å². The molecule has 3 nitrogen and oxygen atoms in total. The molecule has 0 radical (unpaired) electrons. The van der Waals surface area contributed by atoms with E-state index in [1.807, 2.05) is 0 Å². The summed E-state index contributed by atoms with van der Waals surface area (Å²) < 4.78 is 0.455. The van der Waals surface area contributed by atoms with Crippen LogP contribution in [0.4, 0.5) is 51.2 Å². The summed E-state index contributed by atoms with van der Waals surface area (Å²) in [4.78, 5) is 2.36. The fourth-order valence-electron chi connectivity index (χ4n) is 6.52. The van der Waals surface area contributed by atoms with Gasteiger partial charge in [-0.1, -0.05) is 115 Å². The SMILES string of the molecule is [CH2-][N+](c1ccccc1)(c1ccccc1)c1ccccc1N(c1ccccc1)c1ccccc1[N+]([CH2-])(c1ccccc1)c1ccccc1.[Cu][Br]. The summed E-state index contributed by atoms with van der Waals surface area (Å²) >= 11 is 6.50. The van der Waals surface area contributed by atoms with Gasteiger partial charge >= 0.3 is 28.3 Å². The Morgan fingerprint density at radius 1 is 0.347 bits per heavy atom. The van der Waals surface area contributed by atoms with E-state index in [1.54, 1.807) is 0 Å². The fraction of sp³-hybridized carbons (Fsp3) is 0. The third-order valence-corrected chi connectivity index (χ3v) is 8.87. The molecule has 0 saturated carbocycles. The van der Waals surface area contributed by atoms with E-state index in [4.69, 9.17) is 14.1 Å². The van der Waals surface area contributed by atoms with Crippen molar-refractivity contribution in [2.24, 2.45) is 0 Å². The Bertz CT molecular complexity index is 1850. The zero-order valence-corrected chi connectivity index (χ0v) is 29.5. The summed E-state index contributed by atoms with van der Waals surface area (Å²) in [5.41, 5.74) is 9.37. The van der Waals surface area contributed by atoms with Crippen LogP contribution < -0.4 is 13.9 Å². The van der Waals surface area contributed by atoms with E-state index < -0.39 is 0 Å². The van der Waals surface area contributed by atoms with Crippen LogP contribution in [0.25, 0.3) is 0 Å². The second-order valence-electron chi connectivity index (χ2n) is 11.6. The van der Waals surface area contributed by atoms with Gasteiger partial charge in [-0.25, -0.2) is 0 Å². The molecular formula is C44H37BrCuN3. The van der Waals surface area contributed by atoms with Crippen molar-refractivity contribution in [1.29, 1.82) is 0 Å². The molecule has 0 saturated heterocycles. The Morgan fingerprint density at radius 2 is 0.592 bits per heavy atom. The summed E-state index contributed by atoms with van der Waals surface area (Å²) in [6.07, 6.45) is 0. The van der Waals surface area contributed by atoms with Crippen molar-refractivity contribution in [1.82, 2.24) is 8.97 Å². The Labute approximate surface area is 306 Å². The van der Waals surface area contributed by atoms with Crippen molar-refractivity contribution in [3.05, 3.63) is 214 Å². The molecule has 0 unspecified atom stereocenters. The number of quaternary nitrogens is 2. The van der Waals surface area contributed by atoms with Gasteiger partial charge in [-0.2, -0.15) is 0 Å². The zero-order chi connectivity index (χ0) is 34.1. The summed E-state index contributed by atoms with van der Waals surface area (Å²) in [5.74, 6) is 0. The molecule has 7 aromatic carbocycles. The number of nitrogens with zero attached hydrogens (tertiary/aromatic N) is 3. The van der Waals surface area contributed by atoms with Crippen molar-refractivity contribution in [2.45, 2.75) is 0 Å². The predicted molar refractivity (Wildman–Crippen MR) is 209 cm³/mol. The van der Waals surface area contributed by atoms with Crippen LogP contribution in [0, 0.1) is 14.1 Å². The minimum absolute atomic E-state index is 0.227. The second-order valence-corrected chi connectivity index (χ2v) is 11.6. The Morgan fingerprint density at radius 3 is 0.898 bits per heavy atom. The van der Waals surface area contributed by atoms with Gasteiger partial charge in [-0.15, -0.1) is 14.1 Å². The third-order valence-electron chi connectivity index (χ3n) is 8.87. The van der Waals surface area contributed by atoms with Crippen LogP contribution >= 0.6 is 14.1 Å². The number of hydrogen-bond donors (Lipinski definition) is 0. The molecule has 246 valence electrons. The second kappa shape index (κ2) is 15.7. The van der Waals surface area contributed by atoms with Gasteiger partial charge in [0.15, 0.2) is 0 Å². The van der Waals surface area contributed by atoms with Crippen molar-refractivity contribution in [2.75, 3.05) is 4.90 Å². The van der Waals surface area contributed by atoms with E-state index in [-0.39, 0.29) is 8.97 Å². The number of anilines is 3. The quantitative estimate of drug-likeness (QED) is 0.0807. The number of para-hydroxylation sites is 9. The molecule has 0 fully saturated rings. The summed E-state index contributed by atoms with van der Waals surface area (Å²) in [6, 6.07) is 69.9. The van der Waals surface area contributed by atoms with E-state index in [2.05, 4.69) is 233 Å². The first kappa shape index (κ1) is 34.1. The van der Waals surface area contributed by atoms with E-state index in [9.17, 15) is 0 Å². The molecular weight excluding hydrogens is 714 g/mol. The molecule has 49 heavy (non-hydrogen) atoms. The maximum atomic E-state index is 4.97. The van der Waals surface area contributed by atoms with Crippen LogP contribution in [0.15, 0.2) is 200 Å². The number of hydrogen-bond acceptors (Lipinski definition) is 1. The Kier molecular flexibility index (Phi) is 10.9. The van der Waals surface area contributed by atoms with Crippen LogP contribution in [0.1, 0.15) is 0 Å². The van der Waals surface area contributed by atoms with Crippen molar-refractivity contribution in [3.8, 4) is 0 Å². The van der Waals surface area contributed by atoms with Gasteiger partial charge in [-0.05, 0) is 84.9 Å². The molecule has 0 aromatic heterocycles. The number of rotatable bonds is 9. The van der Waals surface area contributed by atoms with Crippen LogP contribution in [-0.4, -0.2) is 0 Å². The molecule has 0 bridgehead atoms.